The van der Waals surface area contributed by atoms with Gasteiger partial charge in [-0.2, -0.15) is 0 Å². The molecule has 0 radical (unpaired) electrons. The van der Waals surface area contributed by atoms with E-state index in [1.165, 1.54) is 32.1 Å². The minimum absolute atomic E-state index is 0.0370. The van der Waals surface area contributed by atoms with E-state index in [1.54, 1.807) is 11.8 Å². The lowest BCUT2D eigenvalue weighted by molar-refractivity contribution is -0.129. The molecular weight excluding hydrogens is 423 g/mol. The molecule has 33 heavy (non-hydrogen) atoms. The lowest BCUT2D eigenvalue weighted by Crippen LogP contribution is -2.49. The van der Waals surface area contributed by atoms with Crippen LogP contribution in [0.5, 0.6) is 0 Å². The molecule has 1 atom stereocenters. The van der Waals surface area contributed by atoms with Gasteiger partial charge in [0.2, 0.25) is 5.91 Å². The third-order valence-corrected chi connectivity index (χ3v) is 5.96. The fraction of sp³-hybridized carbons (Fsp3) is 0.560. The maximum absolute atomic E-state index is 15.1. The van der Waals surface area contributed by atoms with Crippen molar-refractivity contribution in [2.75, 3.05) is 38.2 Å². The molecule has 0 aliphatic carbocycles. The van der Waals surface area contributed by atoms with E-state index in [0.29, 0.717) is 38.3 Å². The van der Waals surface area contributed by atoms with E-state index in [0.717, 1.165) is 16.9 Å². The number of hydrogen-bond donors (Lipinski definition) is 0. The predicted molar refractivity (Wildman–Crippen MR) is 128 cm³/mol. The van der Waals surface area contributed by atoms with Gasteiger partial charge in [0.25, 0.3) is 5.91 Å². The molecule has 1 aromatic rings. The molecule has 0 N–H and O–H groups in total. The maximum Gasteiger partial charge on any atom is 0.252 e. The molecule has 182 valence electrons. The van der Waals surface area contributed by atoms with E-state index in [9.17, 15) is 9.59 Å². The molecule has 1 aliphatic rings. The summed E-state index contributed by atoms with van der Waals surface area (Å²) in [4.78, 5) is 35.1. The summed E-state index contributed by atoms with van der Waals surface area (Å²) >= 11 is 0. The Hall–Kier alpha value is -2.90. The first-order valence-corrected chi connectivity index (χ1v) is 11.4. The number of amides is 2. The van der Waals surface area contributed by atoms with E-state index < -0.39 is 11.9 Å². The average Bonchev–Trinajstić information content (AvgIpc) is 2.77. The number of rotatable bonds is 8. The van der Waals surface area contributed by atoms with Gasteiger partial charge >= 0.3 is 0 Å². The maximum atomic E-state index is 15.1. The molecule has 1 fully saturated rings. The molecule has 0 spiro atoms. The van der Waals surface area contributed by atoms with Gasteiger partial charge in [-0.1, -0.05) is 13.0 Å². The molecule has 1 saturated heterocycles. The Morgan fingerprint density at radius 1 is 1.24 bits per heavy atom. The summed E-state index contributed by atoms with van der Waals surface area (Å²) in [5.41, 5.74) is 2.99. The van der Waals surface area contributed by atoms with E-state index in [4.69, 9.17) is 4.74 Å². The highest BCUT2D eigenvalue weighted by Gasteiger charge is 2.27. The fourth-order valence-electron chi connectivity index (χ4n) is 4.26. The summed E-state index contributed by atoms with van der Waals surface area (Å²) in [5, 5.41) is 0. The quantitative estimate of drug-likeness (QED) is 0.431. The molecule has 2 heterocycles. The third kappa shape index (κ3) is 6.55. The van der Waals surface area contributed by atoms with Crippen molar-refractivity contribution >= 4 is 17.6 Å². The normalized spacial score (nSPS) is 16.3. The number of aryl methyl sites for hydroxylation is 2. The number of methoxy groups -OCH3 is 1. The lowest BCUT2D eigenvalue weighted by Gasteiger charge is -2.36. The molecule has 7 nitrogen and oxygen atoms in total. The SMILES string of the molecule is CC/C(=C/OC)N(C(C)=O)C(C)C/C(F)=C(\C)C(=O)N1CCN(c2ncc(C)cc2C)CC1. The Balaban J connectivity index is 2.06. The zero-order valence-electron chi connectivity index (χ0n) is 20.9. The number of carbonyl (C=O) groups is 2. The van der Waals surface area contributed by atoms with Crippen LogP contribution in [-0.4, -0.2) is 65.9 Å². The van der Waals surface area contributed by atoms with E-state index in [-0.39, 0.29) is 23.8 Å². The van der Waals surface area contributed by atoms with Crippen LogP contribution in [0, 0.1) is 13.8 Å². The fourth-order valence-corrected chi connectivity index (χ4v) is 4.26. The number of carbonyl (C=O) groups excluding carboxylic acids is 2. The highest BCUT2D eigenvalue weighted by atomic mass is 19.1. The Bertz CT molecular complexity index is 920. The molecule has 0 aromatic carbocycles. The van der Waals surface area contributed by atoms with Crippen molar-refractivity contribution in [1.29, 1.82) is 0 Å². The van der Waals surface area contributed by atoms with Gasteiger partial charge in [-0.05, 0) is 45.2 Å². The number of hydrogen-bond acceptors (Lipinski definition) is 5. The molecule has 1 aliphatic heterocycles. The average molecular weight is 461 g/mol. The summed E-state index contributed by atoms with van der Waals surface area (Å²) < 4.78 is 20.2. The molecule has 0 bridgehead atoms. The largest absolute Gasteiger partial charge is 0.503 e. The second-order valence-electron chi connectivity index (χ2n) is 8.60. The summed E-state index contributed by atoms with van der Waals surface area (Å²) in [6.07, 6.45) is 3.88. The van der Waals surface area contributed by atoms with Crippen LogP contribution in [-0.2, 0) is 14.3 Å². The van der Waals surface area contributed by atoms with Gasteiger partial charge < -0.3 is 19.4 Å². The predicted octanol–water partition coefficient (Wildman–Crippen LogP) is 4.12. The summed E-state index contributed by atoms with van der Waals surface area (Å²) in [7, 11) is 1.51. The summed E-state index contributed by atoms with van der Waals surface area (Å²) in [6, 6.07) is 1.65. The first-order chi connectivity index (χ1) is 15.6. The van der Waals surface area contributed by atoms with Crippen LogP contribution in [0.2, 0.25) is 0 Å². The highest BCUT2D eigenvalue weighted by Crippen LogP contribution is 2.24. The first kappa shape index (κ1) is 26.4. The van der Waals surface area contributed by atoms with Crippen molar-refractivity contribution < 1.29 is 18.7 Å². The number of halogens is 1. The Morgan fingerprint density at radius 2 is 1.88 bits per heavy atom. The zero-order chi connectivity index (χ0) is 24.7. The van der Waals surface area contributed by atoms with Crippen LogP contribution < -0.4 is 4.90 Å². The van der Waals surface area contributed by atoms with Gasteiger partial charge in [-0.25, -0.2) is 9.37 Å². The number of allylic oxidation sites excluding steroid dienone is 1. The monoisotopic (exact) mass is 460 g/mol. The highest BCUT2D eigenvalue weighted by molar-refractivity contribution is 5.93. The van der Waals surface area contributed by atoms with Gasteiger partial charge in [-0.3, -0.25) is 9.59 Å². The van der Waals surface area contributed by atoms with E-state index in [1.807, 2.05) is 27.0 Å². The van der Waals surface area contributed by atoms with Crippen molar-refractivity contribution in [3.63, 3.8) is 0 Å². The van der Waals surface area contributed by atoms with Gasteiger partial charge in [-0.15, -0.1) is 0 Å². The third-order valence-electron chi connectivity index (χ3n) is 5.96. The van der Waals surface area contributed by atoms with Crippen LogP contribution in [0.4, 0.5) is 10.2 Å². The molecule has 8 heteroatoms. The number of pyridine rings is 1. The van der Waals surface area contributed by atoms with Gasteiger partial charge in [0.05, 0.1) is 12.8 Å². The lowest BCUT2D eigenvalue weighted by atomic mass is 10.1. The summed E-state index contributed by atoms with van der Waals surface area (Å²) in [5.74, 6) is -0.0590. The van der Waals surface area contributed by atoms with Gasteiger partial charge in [0.1, 0.15) is 17.9 Å². The molecule has 2 rings (SSSR count). The van der Waals surface area contributed by atoms with Crippen LogP contribution in [0.3, 0.4) is 0 Å². The number of anilines is 1. The zero-order valence-corrected chi connectivity index (χ0v) is 20.9. The second kappa shape index (κ2) is 11.8. The van der Waals surface area contributed by atoms with Gasteiger partial charge in [0.15, 0.2) is 0 Å². The molecular formula is C25H37FN4O3. The molecule has 0 saturated carbocycles. The molecule has 2 amide bonds. The number of ether oxygens (including phenoxy) is 1. The standard InChI is InChI=1S/C25H37FN4O3/c1-8-22(16-33-7)30(21(6)31)19(4)14-23(26)20(5)25(32)29-11-9-28(10-12-29)24-18(3)13-17(2)15-27-24/h13,15-16,19H,8-12,14H2,1-7H3/b22-16-,23-20-. The minimum atomic E-state index is -0.495. The van der Waals surface area contributed by atoms with Crippen LogP contribution in [0.15, 0.2) is 35.6 Å². The number of nitrogens with zero attached hydrogens (tertiary/aromatic N) is 4. The van der Waals surface area contributed by atoms with Crippen molar-refractivity contribution in [1.82, 2.24) is 14.8 Å². The Morgan fingerprint density at radius 3 is 2.39 bits per heavy atom. The second-order valence-corrected chi connectivity index (χ2v) is 8.60. The van der Waals surface area contributed by atoms with Crippen molar-refractivity contribution in [2.24, 2.45) is 0 Å². The Kier molecular flexibility index (Phi) is 9.44. The Labute approximate surface area is 196 Å². The van der Waals surface area contributed by atoms with Crippen LogP contribution in [0.25, 0.3) is 0 Å². The topological polar surface area (TPSA) is 66.0 Å². The van der Waals surface area contributed by atoms with E-state index >= 15 is 4.39 Å². The van der Waals surface area contributed by atoms with Crippen molar-refractivity contribution in [2.45, 2.75) is 60.4 Å². The van der Waals surface area contributed by atoms with Crippen LogP contribution >= 0.6 is 0 Å². The number of piperazine rings is 1. The minimum Gasteiger partial charge on any atom is -0.503 e. The van der Waals surface area contributed by atoms with Crippen molar-refractivity contribution in [3.8, 4) is 0 Å². The molecule has 1 unspecified atom stereocenters. The van der Waals surface area contributed by atoms with E-state index in [2.05, 4.69) is 16.0 Å². The first-order valence-electron chi connectivity index (χ1n) is 11.4. The van der Waals surface area contributed by atoms with Gasteiger partial charge in [0, 0.05) is 57.3 Å². The summed E-state index contributed by atoms with van der Waals surface area (Å²) in [6.45, 7) is 13.0. The smallest absolute Gasteiger partial charge is 0.252 e. The number of aromatic nitrogens is 1. The molecule has 1 aromatic heterocycles. The van der Waals surface area contributed by atoms with Crippen LogP contribution in [0.1, 0.15) is 51.7 Å². The van der Waals surface area contributed by atoms with Crippen molar-refractivity contribution in [3.05, 3.63) is 46.7 Å².